The number of methoxy groups -OCH3 is 1. The Kier molecular flexibility index (Phi) is 6.17. The molecule has 0 aliphatic carbocycles. The number of hydrogen-bond acceptors (Lipinski definition) is 6. The Hall–Kier alpha value is -0.830. The van der Waals surface area contributed by atoms with Gasteiger partial charge in [0.25, 0.3) is 0 Å². The number of hydrogen-bond donors (Lipinski definition) is 0. The Morgan fingerprint density at radius 1 is 1.50 bits per heavy atom. The molecule has 1 aromatic heterocycles. The van der Waals surface area contributed by atoms with Gasteiger partial charge in [-0.3, -0.25) is 0 Å². The molecular formula is C16H26N2O4S2. The first-order chi connectivity index (χ1) is 11.1. The van der Waals surface area contributed by atoms with E-state index in [1.54, 1.807) is 5.38 Å². The molecule has 3 atom stereocenters. The van der Waals surface area contributed by atoms with Crippen LogP contribution in [0.5, 0.6) is 0 Å². The van der Waals surface area contributed by atoms with Crippen LogP contribution in [0, 0.1) is 5.92 Å². The van der Waals surface area contributed by atoms with E-state index in [2.05, 4.69) is 18.8 Å². The minimum Gasteiger partial charge on any atom is -0.464 e. The molecule has 1 fully saturated rings. The lowest BCUT2D eigenvalue weighted by Crippen LogP contribution is -2.50. The van der Waals surface area contributed by atoms with Crippen LogP contribution in [0.4, 0.5) is 0 Å². The van der Waals surface area contributed by atoms with Crippen LogP contribution in [0.3, 0.4) is 0 Å². The first kappa shape index (κ1) is 19.5. The van der Waals surface area contributed by atoms with E-state index in [-0.39, 0.29) is 16.9 Å². The van der Waals surface area contributed by atoms with Crippen molar-refractivity contribution in [1.82, 2.24) is 9.29 Å². The van der Waals surface area contributed by atoms with Crippen molar-refractivity contribution in [2.75, 3.05) is 13.8 Å². The number of rotatable bonds is 4. The van der Waals surface area contributed by atoms with Crippen LogP contribution in [0.1, 0.15) is 62.6 Å². The first-order valence-corrected chi connectivity index (χ1v) is 9.97. The van der Waals surface area contributed by atoms with Gasteiger partial charge in [0.1, 0.15) is 28.8 Å². The van der Waals surface area contributed by atoms with Gasteiger partial charge in [-0.25, -0.2) is 14.0 Å². The second kappa shape index (κ2) is 7.59. The molecule has 1 aromatic rings. The maximum Gasteiger partial charge on any atom is 0.357 e. The first-order valence-electron chi connectivity index (χ1n) is 7.99. The molecule has 1 saturated heterocycles. The fraction of sp³-hybridized carbons (Fsp3) is 0.750. The van der Waals surface area contributed by atoms with E-state index < -0.39 is 17.0 Å². The van der Waals surface area contributed by atoms with E-state index in [1.807, 2.05) is 25.1 Å². The van der Waals surface area contributed by atoms with Crippen molar-refractivity contribution in [2.45, 2.75) is 57.9 Å². The number of ether oxygens (including phenoxy) is 2. The van der Waals surface area contributed by atoms with Crippen LogP contribution in [-0.4, -0.2) is 44.1 Å². The van der Waals surface area contributed by atoms with Crippen molar-refractivity contribution in [3.05, 3.63) is 16.1 Å². The zero-order chi connectivity index (χ0) is 18.1. The zero-order valence-electron chi connectivity index (χ0n) is 15.1. The zero-order valence-corrected chi connectivity index (χ0v) is 16.7. The summed E-state index contributed by atoms with van der Waals surface area (Å²) in [5.41, 5.74) is 0.308. The monoisotopic (exact) mass is 374 g/mol. The molecule has 0 bridgehead atoms. The largest absolute Gasteiger partial charge is 0.464 e. The summed E-state index contributed by atoms with van der Waals surface area (Å²) in [5, 5.41) is 2.46. The van der Waals surface area contributed by atoms with Gasteiger partial charge < -0.3 is 9.47 Å². The lowest BCUT2D eigenvalue weighted by Gasteiger charge is -2.42. The molecule has 1 aliphatic heterocycles. The molecular weight excluding hydrogens is 348 g/mol. The lowest BCUT2D eigenvalue weighted by molar-refractivity contribution is -0.0694. The topological polar surface area (TPSA) is 68.7 Å². The van der Waals surface area contributed by atoms with Gasteiger partial charge >= 0.3 is 5.97 Å². The molecule has 1 aliphatic rings. The second-order valence-electron chi connectivity index (χ2n) is 7.17. The summed E-state index contributed by atoms with van der Waals surface area (Å²) in [4.78, 5) is 15.9. The quantitative estimate of drug-likeness (QED) is 0.757. The van der Waals surface area contributed by atoms with Gasteiger partial charge in [-0.1, -0.05) is 13.8 Å². The van der Waals surface area contributed by atoms with Gasteiger partial charge in [-0.15, -0.1) is 11.3 Å². The molecule has 6 nitrogen and oxygen atoms in total. The summed E-state index contributed by atoms with van der Waals surface area (Å²) >= 11 is 1.40. The van der Waals surface area contributed by atoms with E-state index in [0.717, 1.165) is 5.01 Å². The average Bonchev–Trinajstić information content (AvgIpc) is 3.01. The predicted octanol–water partition coefficient (Wildman–Crippen LogP) is 3.14. The maximum atomic E-state index is 12.8. The highest BCUT2D eigenvalue weighted by Crippen LogP contribution is 2.36. The summed E-state index contributed by atoms with van der Waals surface area (Å²) in [5.74, 6) is -0.105. The van der Waals surface area contributed by atoms with Crippen LogP contribution in [0.15, 0.2) is 5.38 Å². The Morgan fingerprint density at radius 3 is 2.71 bits per heavy atom. The van der Waals surface area contributed by atoms with E-state index in [9.17, 15) is 9.00 Å². The Labute approximate surface area is 150 Å². The lowest BCUT2D eigenvalue weighted by atomic mass is 9.97. The number of nitrogens with zero attached hydrogens (tertiary/aromatic N) is 2. The minimum atomic E-state index is -1.13. The van der Waals surface area contributed by atoms with Crippen molar-refractivity contribution in [1.29, 1.82) is 0 Å². The highest BCUT2D eigenvalue weighted by Gasteiger charge is 2.39. The third-order valence-corrected chi connectivity index (χ3v) is 6.71. The van der Waals surface area contributed by atoms with Crippen LogP contribution >= 0.6 is 11.3 Å². The van der Waals surface area contributed by atoms with Crippen molar-refractivity contribution in [2.24, 2.45) is 5.92 Å². The number of carbonyl (C=O) groups excluding carboxylic acids is 1. The van der Waals surface area contributed by atoms with Crippen molar-refractivity contribution in [3.8, 4) is 0 Å². The van der Waals surface area contributed by atoms with Gasteiger partial charge in [-0.05, 0) is 33.1 Å². The standard InChI is InChI=1S/C16H26N2O4S2/c1-10(2)12-7-13(14-17-11(8-23-14)15(19)21-6)22-9-18(12)24(20)16(3,4)5/h8,10,12-13H,7,9H2,1-6H3/t12-,13-,24-/m1/s1. The maximum absolute atomic E-state index is 12.8. The van der Waals surface area contributed by atoms with Gasteiger partial charge in [0.15, 0.2) is 5.69 Å². The fourth-order valence-electron chi connectivity index (χ4n) is 2.60. The Bertz CT molecular complexity index is 609. The Morgan fingerprint density at radius 2 is 2.17 bits per heavy atom. The summed E-state index contributed by atoms with van der Waals surface area (Å²) in [6.45, 7) is 10.5. The van der Waals surface area contributed by atoms with Crippen molar-refractivity contribution in [3.63, 3.8) is 0 Å². The van der Waals surface area contributed by atoms with Crippen LogP contribution in [-0.2, 0) is 20.5 Å². The highest BCUT2D eigenvalue weighted by molar-refractivity contribution is 7.84. The molecule has 0 spiro atoms. The molecule has 136 valence electrons. The smallest absolute Gasteiger partial charge is 0.357 e. The van der Waals surface area contributed by atoms with Gasteiger partial charge in [-0.2, -0.15) is 4.31 Å². The van der Waals surface area contributed by atoms with Crippen LogP contribution in [0.25, 0.3) is 0 Å². The van der Waals surface area contributed by atoms with Crippen LogP contribution < -0.4 is 0 Å². The molecule has 2 heterocycles. The van der Waals surface area contributed by atoms with E-state index >= 15 is 0 Å². The van der Waals surface area contributed by atoms with Gasteiger partial charge in [0, 0.05) is 11.4 Å². The van der Waals surface area contributed by atoms with Gasteiger partial charge in [0.05, 0.1) is 11.9 Å². The fourth-order valence-corrected chi connectivity index (χ4v) is 4.88. The summed E-state index contributed by atoms with van der Waals surface area (Å²) in [6, 6.07) is 0.134. The normalized spacial score (nSPS) is 24.1. The molecule has 0 N–H and O–H groups in total. The van der Waals surface area contributed by atoms with Crippen molar-refractivity contribution < 1.29 is 18.5 Å². The molecule has 0 unspecified atom stereocenters. The van der Waals surface area contributed by atoms with E-state index in [0.29, 0.717) is 24.8 Å². The summed E-state index contributed by atoms with van der Waals surface area (Å²) in [7, 11) is 0.208. The summed E-state index contributed by atoms with van der Waals surface area (Å²) < 4.78 is 25.0. The third-order valence-electron chi connectivity index (χ3n) is 3.93. The third kappa shape index (κ3) is 4.22. The number of thiazole rings is 1. The summed E-state index contributed by atoms with van der Waals surface area (Å²) in [6.07, 6.45) is 0.516. The molecule has 2 rings (SSSR count). The molecule has 0 amide bonds. The highest BCUT2D eigenvalue weighted by atomic mass is 32.2. The SMILES string of the molecule is COC(=O)c1csc([C@H]2C[C@H](C(C)C)N([S@](=O)C(C)(C)C)CO2)n1. The molecule has 24 heavy (non-hydrogen) atoms. The van der Waals surface area contributed by atoms with E-state index in [1.165, 1.54) is 18.4 Å². The molecule has 0 aromatic carbocycles. The number of aromatic nitrogens is 1. The molecule has 8 heteroatoms. The van der Waals surface area contributed by atoms with E-state index in [4.69, 9.17) is 9.47 Å². The number of carbonyl (C=O) groups is 1. The van der Waals surface area contributed by atoms with Gasteiger partial charge in [0.2, 0.25) is 0 Å². The van der Waals surface area contributed by atoms with Crippen LogP contribution in [0.2, 0.25) is 0 Å². The Balaban J connectivity index is 2.17. The minimum absolute atomic E-state index is 0.134. The molecule has 0 saturated carbocycles. The number of esters is 1. The molecule has 0 radical (unpaired) electrons. The average molecular weight is 375 g/mol. The second-order valence-corrected chi connectivity index (χ2v) is 10.3. The predicted molar refractivity (Wildman–Crippen MR) is 95.1 cm³/mol. The van der Waals surface area contributed by atoms with Crippen molar-refractivity contribution >= 4 is 28.3 Å².